The van der Waals surface area contributed by atoms with Crippen molar-refractivity contribution in [2.24, 2.45) is 5.73 Å². The number of carbonyl (C=O) groups is 1. The van der Waals surface area contributed by atoms with Gasteiger partial charge in [0, 0.05) is 11.4 Å². The van der Waals surface area contributed by atoms with Crippen molar-refractivity contribution in [3.63, 3.8) is 0 Å². The van der Waals surface area contributed by atoms with E-state index in [0.717, 1.165) is 34.9 Å². The van der Waals surface area contributed by atoms with E-state index in [1.54, 1.807) is 0 Å². The summed E-state index contributed by atoms with van der Waals surface area (Å²) < 4.78 is 0.723. The fourth-order valence-electron chi connectivity index (χ4n) is 2.67. The van der Waals surface area contributed by atoms with E-state index in [9.17, 15) is 4.79 Å². The second-order valence-corrected chi connectivity index (χ2v) is 7.14. The van der Waals surface area contributed by atoms with Crippen molar-refractivity contribution in [2.45, 2.75) is 50.5 Å². The Labute approximate surface area is 135 Å². The molecule has 1 fully saturated rings. The predicted octanol–water partition coefficient (Wildman–Crippen LogP) is 3.70. The Bertz CT molecular complexity index is 444. The van der Waals surface area contributed by atoms with Crippen molar-refractivity contribution in [2.75, 3.05) is 6.54 Å². The van der Waals surface area contributed by atoms with Crippen molar-refractivity contribution < 1.29 is 4.79 Å². The van der Waals surface area contributed by atoms with Crippen molar-refractivity contribution in [1.29, 1.82) is 0 Å². The van der Waals surface area contributed by atoms with Gasteiger partial charge in [-0.2, -0.15) is 0 Å². The molecule has 6 heteroatoms. The van der Waals surface area contributed by atoms with E-state index in [2.05, 4.69) is 5.32 Å². The molecule has 114 valence electrons. The van der Waals surface area contributed by atoms with Gasteiger partial charge in [-0.3, -0.25) is 4.79 Å². The molecule has 1 aromatic heterocycles. The van der Waals surface area contributed by atoms with Crippen molar-refractivity contribution >= 4 is 41.3 Å². The molecule has 0 radical (unpaired) electrons. The number of amides is 1. The molecule has 1 aliphatic carbocycles. The summed E-state index contributed by atoms with van der Waals surface area (Å²) in [6.45, 7) is 2.45. The first-order chi connectivity index (χ1) is 9.06. The lowest BCUT2D eigenvalue weighted by Gasteiger charge is -2.37. The molecule has 0 spiro atoms. The highest BCUT2D eigenvalue weighted by molar-refractivity contribution is 7.16. The van der Waals surface area contributed by atoms with Gasteiger partial charge in [-0.15, -0.1) is 23.7 Å². The fourth-order valence-corrected chi connectivity index (χ4v) is 3.78. The zero-order valence-electron chi connectivity index (χ0n) is 11.7. The van der Waals surface area contributed by atoms with Gasteiger partial charge in [0.05, 0.1) is 15.8 Å². The van der Waals surface area contributed by atoms with Crippen LogP contribution < -0.4 is 11.1 Å². The minimum absolute atomic E-state index is 0. The molecule has 1 atom stereocenters. The van der Waals surface area contributed by atoms with Gasteiger partial charge in [0.2, 0.25) is 5.91 Å². The summed E-state index contributed by atoms with van der Waals surface area (Å²) in [5, 5.41) is 3.19. The maximum Gasteiger partial charge on any atom is 0.228 e. The molecule has 1 amide bonds. The number of thiophene rings is 1. The van der Waals surface area contributed by atoms with Gasteiger partial charge in [0.25, 0.3) is 0 Å². The van der Waals surface area contributed by atoms with Crippen LogP contribution >= 0.6 is 35.3 Å². The van der Waals surface area contributed by atoms with Crippen LogP contribution in [0, 0.1) is 0 Å². The molecule has 1 saturated carbocycles. The lowest BCUT2D eigenvalue weighted by Crippen LogP contribution is -2.55. The van der Waals surface area contributed by atoms with Crippen LogP contribution in [0.1, 0.15) is 49.8 Å². The van der Waals surface area contributed by atoms with E-state index in [0.29, 0.717) is 6.54 Å². The number of hydrogen-bond donors (Lipinski definition) is 2. The SMILES string of the molecule is C[C@@H](C(=O)NC1(CN)CCCCC1)c1ccc(Cl)s1.Cl. The second-order valence-electron chi connectivity index (χ2n) is 5.40. The zero-order chi connectivity index (χ0) is 13.9. The van der Waals surface area contributed by atoms with Crippen LogP contribution in [0.25, 0.3) is 0 Å². The van der Waals surface area contributed by atoms with E-state index in [-0.39, 0.29) is 29.8 Å². The molecule has 0 aliphatic heterocycles. The average molecular weight is 337 g/mol. The lowest BCUT2D eigenvalue weighted by molar-refractivity contribution is -0.124. The molecule has 2 rings (SSSR count). The minimum Gasteiger partial charge on any atom is -0.349 e. The Balaban J connectivity index is 0.00000200. The standard InChI is InChI=1S/C14H21ClN2OS.ClH/c1-10(11-5-6-12(15)19-11)13(18)17-14(9-16)7-3-2-4-8-14;/h5-6,10H,2-4,7-9,16H2,1H3,(H,17,18);1H/t10-;/m1./s1. The highest BCUT2D eigenvalue weighted by Crippen LogP contribution is 2.31. The molecule has 1 aliphatic rings. The van der Waals surface area contributed by atoms with Crippen LogP contribution in [0.2, 0.25) is 4.34 Å². The third-order valence-corrected chi connectivity index (χ3v) is 5.42. The molecule has 20 heavy (non-hydrogen) atoms. The third-order valence-electron chi connectivity index (χ3n) is 4.00. The Kier molecular flexibility index (Phi) is 6.79. The summed E-state index contributed by atoms with van der Waals surface area (Å²) >= 11 is 7.39. The number of nitrogens with one attached hydrogen (secondary N) is 1. The largest absolute Gasteiger partial charge is 0.349 e. The van der Waals surface area contributed by atoms with Crippen LogP contribution in [0.4, 0.5) is 0 Å². The molecule has 0 unspecified atom stereocenters. The van der Waals surface area contributed by atoms with Gasteiger partial charge in [-0.1, -0.05) is 30.9 Å². The number of halogens is 2. The van der Waals surface area contributed by atoms with E-state index in [4.69, 9.17) is 17.3 Å². The summed E-state index contributed by atoms with van der Waals surface area (Å²) in [6.07, 6.45) is 5.53. The Hall–Kier alpha value is -0.290. The number of hydrogen-bond acceptors (Lipinski definition) is 3. The lowest BCUT2D eigenvalue weighted by atomic mass is 9.81. The molecule has 0 saturated heterocycles. The first kappa shape index (κ1) is 17.8. The highest BCUT2D eigenvalue weighted by Gasteiger charge is 2.33. The smallest absolute Gasteiger partial charge is 0.228 e. The first-order valence-electron chi connectivity index (χ1n) is 6.84. The van der Waals surface area contributed by atoms with Crippen molar-refractivity contribution in [1.82, 2.24) is 5.32 Å². The molecular formula is C14H22Cl2N2OS. The van der Waals surface area contributed by atoms with Gasteiger partial charge in [-0.25, -0.2) is 0 Å². The molecule has 0 bridgehead atoms. The summed E-state index contributed by atoms with van der Waals surface area (Å²) in [6, 6.07) is 3.76. The topological polar surface area (TPSA) is 55.1 Å². The summed E-state index contributed by atoms with van der Waals surface area (Å²) in [4.78, 5) is 13.4. The molecule has 1 heterocycles. The van der Waals surface area contributed by atoms with E-state index in [1.807, 2.05) is 19.1 Å². The van der Waals surface area contributed by atoms with Crippen LogP contribution in [0.15, 0.2) is 12.1 Å². The van der Waals surface area contributed by atoms with Gasteiger partial charge < -0.3 is 11.1 Å². The molecule has 0 aromatic carbocycles. The summed E-state index contributed by atoms with van der Waals surface area (Å²) in [5.74, 6) is -0.103. The van der Waals surface area contributed by atoms with Gasteiger partial charge in [-0.05, 0) is 31.9 Å². The first-order valence-corrected chi connectivity index (χ1v) is 8.03. The molecule has 1 aromatic rings. The van der Waals surface area contributed by atoms with Gasteiger partial charge >= 0.3 is 0 Å². The van der Waals surface area contributed by atoms with Gasteiger partial charge in [0.15, 0.2) is 0 Å². The van der Waals surface area contributed by atoms with Crippen LogP contribution in [0.3, 0.4) is 0 Å². The maximum atomic E-state index is 12.4. The van der Waals surface area contributed by atoms with E-state index < -0.39 is 0 Å². The van der Waals surface area contributed by atoms with Crippen molar-refractivity contribution in [3.8, 4) is 0 Å². The number of rotatable bonds is 4. The summed E-state index contributed by atoms with van der Waals surface area (Å²) in [7, 11) is 0. The number of nitrogens with two attached hydrogens (primary N) is 1. The Morgan fingerprint density at radius 3 is 2.60 bits per heavy atom. The van der Waals surface area contributed by atoms with Crippen molar-refractivity contribution in [3.05, 3.63) is 21.3 Å². The Morgan fingerprint density at radius 2 is 2.10 bits per heavy atom. The minimum atomic E-state index is -0.190. The van der Waals surface area contributed by atoms with Crippen LogP contribution in [0.5, 0.6) is 0 Å². The Morgan fingerprint density at radius 1 is 1.45 bits per heavy atom. The van der Waals surface area contributed by atoms with Crippen LogP contribution in [-0.4, -0.2) is 18.0 Å². The maximum absolute atomic E-state index is 12.4. The van der Waals surface area contributed by atoms with E-state index >= 15 is 0 Å². The average Bonchev–Trinajstić information content (AvgIpc) is 2.85. The van der Waals surface area contributed by atoms with E-state index in [1.165, 1.54) is 17.8 Å². The fraction of sp³-hybridized carbons (Fsp3) is 0.643. The molecular weight excluding hydrogens is 315 g/mol. The second kappa shape index (κ2) is 7.64. The summed E-state index contributed by atoms with van der Waals surface area (Å²) in [5.41, 5.74) is 5.71. The highest BCUT2D eigenvalue weighted by atomic mass is 35.5. The monoisotopic (exact) mass is 336 g/mol. The molecule has 3 nitrogen and oxygen atoms in total. The quantitative estimate of drug-likeness (QED) is 0.880. The third kappa shape index (κ3) is 4.10. The normalized spacial score (nSPS) is 18.9. The number of carbonyl (C=O) groups excluding carboxylic acids is 1. The van der Waals surface area contributed by atoms with Crippen LogP contribution in [-0.2, 0) is 4.79 Å². The van der Waals surface area contributed by atoms with Gasteiger partial charge in [0.1, 0.15) is 0 Å². The predicted molar refractivity (Wildman–Crippen MR) is 88.0 cm³/mol. The molecule has 3 N–H and O–H groups in total. The zero-order valence-corrected chi connectivity index (χ0v) is 14.0.